The summed E-state index contributed by atoms with van der Waals surface area (Å²) in [4.78, 5) is 49.8. The van der Waals surface area contributed by atoms with E-state index < -0.39 is 5.97 Å². The predicted octanol–water partition coefficient (Wildman–Crippen LogP) is 0.167. The number of piperidine rings is 1. The summed E-state index contributed by atoms with van der Waals surface area (Å²) in [6, 6.07) is 1.47. The van der Waals surface area contributed by atoms with Crippen molar-refractivity contribution in [1.29, 1.82) is 0 Å². The Hall–Kier alpha value is -2.97. The maximum absolute atomic E-state index is 12.6. The Kier molecular flexibility index (Phi) is 8.04. The fraction of sp³-hybridized carbons (Fsp3) is 0.438. The molecule has 2 heterocycles. The van der Waals surface area contributed by atoms with Crippen LogP contribution in [0.4, 0.5) is 0 Å². The minimum atomic E-state index is -0.564. The second-order valence-electron chi connectivity index (χ2n) is 5.20. The number of carbonyl (C=O) groups excluding carboxylic acids is 3. The van der Waals surface area contributed by atoms with Crippen LogP contribution >= 0.6 is 0 Å². The van der Waals surface area contributed by atoms with Gasteiger partial charge in [0.25, 0.3) is 12.4 Å². The van der Waals surface area contributed by atoms with Crippen molar-refractivity contribution in [2.24, 2.45) is 5.92 Å². The highest BCUT2D eigenvalue weighted by atomic mass is 16.5. The van der Waals surface area contributed by atoms with E-state index >= 15 is 0 Å². The van der Waals surface area contributed by atoms with E-state index in [-0.39, 0.29) is 35.3 Å². The number of carboxylic acid groups (broad SMARTS) is 1. The number of carbonyl (C=O) groups is 4. The third kappa shape index (κ3) is 5.27. The van der Waals surface area contributed by atoms with Crippen molar-refractivity contribution in [3.05, 3.63) is 29.6 Å². The summed E-state index contributed by atoms with van der Waals surface area (Å²) >= 11 is 0. The fourth-order valence-electron chi connectivity index (χ4n) is 2.57. The van der Waals surface area contributed by atoms with E-state index in [2.05, 4.69) is 15.0 Å². The highest BCUT2D eigenvalue weighted by Crippen LogP contribution is 2.20. The maximum atomic E-state index is 12.6. The van der Waals surface area contributed by atoms with Gasteiger partial charge in [-0.15, -0.1) is 0 Å². The maximum Gasteiger partial charge on any atom is 0.338 e. The second-order valence-corrected chi connectivity index (χ2v) is 5.20. The van der Waals surface area contributed by atoms with E-state index in [1.54, 1.807) is 11.9 Å². The van der Waals surface area contributed by atoms with Gasteiger partial charge in [0, 0.05) is 38.4 Å². The molecule has 1 aromatic heterocycles. The first-order chi connectivity index (χ1) is 12.0. The van der Waals surface area contributed by atoms with Gasteiger partial charge >= 0.3 is 5.97 Å². The van der Waals surface area contributed by atoms with Gasteiger partial charge in [0.05, 0.1) is 18.2 Å². The number of amides is 2. The van der Waals surface area contributed by atoms with Crippen LogP contribution in [-0.4, -0.2) is 66.5 Å². The molecule has 1 fully saturated rings. The normalized spacial score (nSPS) is 13.9. The molecule has 2 amide bonds. The van der Waals surface area contributed by atoms with E-state index in [4.69, 9.17) is 9.90 Å². The average Bonchev–Trinajstić information content (AvgIpc) is 2.67. The molecule has 2 rings (SSSR count). The number of rotatable bonds is 3. The zero-order chi connectivity index (χ0) is 18.8. The summed E-state index contributed by atoms with van der Waals surface area (Å²) < 4.78 is 4.69. The highest BCUT2D eigenvalue weighted by molar-refractivity contribution is 6.05. The molecule has 0 atom stereocenters. The summed E-state index contributed by atoms with van der Waals surface area (Å²) in [7, 11) is 2.88. The lowest BCUT2D eigenvalue weighted by molar-refractivity contribution is -0.126. The molecule has 0 radical (unpaired) electrons. The largest absolute Gasteiger partial charge is 0.483 e. The van der Waals surface area contributed by atoms with E-state index in [0.29, 0.717) is 25.9 Å². The van der Waals surface area contributed by atoms with Gasteiger partial charge in [-0.1, -0.05) is 0 Å². The van der Waals surface area contributed by atoms with Crippen molar-refractivity contribution in [3.8, 4) is 0 Å². The number of nitrogens with one attached hydrogen (secondary N) is 1. The molecule has 0 unspecified atom stereocenters. The topological polar surface area (TPSA) is 126 Å². The molecule has 1 aromatic rings. The van der Waals surface area contributed by atoms with Crippen molar-refractivity contribution in [2.45, 2.75) is 12.8 Å². The van der Waals surface area contributed by atoms with E-state index in [0.717, 1.165) is 0 Å². The smallest absolute Gasteiger partial charge is 0.338 e. The van der Waals surface area contributed by atoms with Crippen molar-refractivity contribution >= 4 is 24.3 Å². The van der Waals surface area contributed by atoms with Crippen LogP contribution in [-0.2, 0) is 14.3 Å². The molecule has 1 saturated heterocycles. The molecule has 25 heavy (non-hydrogen) atoms. The number of methoxy groups -OCH3 is 1. The van der Waals surface area contributed by atoms with Crippen LogP contribution < -0.4 is 5.32 Å². The van der Waals surface area contributed by atoms with Crippen LogP contribution in [0.1, 0.15) is 33.6 Å². The number of ether oxygens (including phenoxy) is 1. The van der Waals surface area contributed by atoms with Crippen molar-refractivity contribution in [2.75, 3.05) is 27.2 Å². The standard InChI is InChI=1S/C15H19N3O4.CH2O2/c1-16-13(19)10-4-7-18(8-5-10)14(20)12-9-17-6-3-11(12)15(21)22-2;2-1-3/h3,6,9-10H,4-5,7-8H2,1-2H3,(H,16,19);1H,(H,2,3). The molecule has 0 bridgehead atoms. The molecule has 136 valence electrons. The van der Waals surface area contributed by atoms with Crippen molar-refractivity contribution in [1.82, 2.24) is 15.2 Å². The zero-order valence-electron chi connectivity index (χ0n) is 14.1. The fourth-order valence-corrected chi connectivity index (χ4v) is 2.57. The van der Waals surface area contributed by atoms with Gasteiger partial charge in [-0.2, -0.15) is 0 Å². The third-order valence-electron chi connectivity index (χ3n) is 3.86. The lowest BCUT2D eigenvalue weighted by Crippen LogP contribution is -2.42. The Morgan fingerprint density at radius 3 is 2.44 bits per heavy atom. The molecule has 1 aliphatic heterocycles. The Balaban J connectivity index is 0.000000970. The molecule has 9 heteroatoms. The Bertz CT molecular complexity index is 626. The van der Waals surface area contributed by atoms with Crippen LogP contribution in [0.2, 0.25) is 0 Å². The average molecular weight is 351 g/mol. The third-order valence-corrected chi connectivity index (χ3v) is 3.86. The molecule has 0 saturated carbocycles. The lowest BCUT2D eigenvalue weighted by atomic mass is 9.95. The van der Waals surface area contributed by atoms with Crippen molar-refractivity contribution in [3.63, 3.8) is 0 Å². The Labute approximate surface area is 145 Å². The van der Waals surface area contributed by atoms with Crippen LogP contribution in [0.5, 0.6) is 0 Å². The molecule has 0 spiro atoms. The zero-order valence-corrected chi connectivity index (χ0v) is 14.1. The summed E-state index contributed by atoms with van der Waals surface area (Å²) in [5.41, 5.74) is 0.434. The number of likely N-dealkylation sites (tertiary alicyclic amines) is 1. The molecule has 0 aliphatic carbocycles. The first kappa shape index (κ1) is 20.1. The summed E-state index contributed by atoms with van der Waals surface area (Å²) in [5.74, 6) is -0.887. The van der Waals surface area contributed by atoms with Gasteiger partial charge in [-0.25, -0.2) is 4.79 Å². The number of hydrogen-bond donors (Lipinski definition) is 2. The van der Waals surface area contributed by atoms with Crippen molar-refractivity contribution < 1.29 is 29.0 Å². The minimum Gasteiger partial charge on any atom is -0.483 e. The molecule has 2 N–H and O–H groups in total. The van der Waals surface area contributed by atoms with Crippen LogP contribution in [0, 0.1) is 5.92 Å². The van der Waals surface area contributed by atoms with Crippen LogP contribution in [0.3, 0.4) is 0 Å². The molecule has 9 nitrogen and oxygen atoms in total. The quantitative estimate of drug-likeness (QED) is 0.587. The number of nitrogens with zero attached hydrogens (tertiary/aromatic N) is 2. The SMILES string of the molecule is CNC(=O)C1CCN(C(=O)c2cnccc2C(=O)OC)CC1.O=CO. The summed E-state index contributed by atoms with van der Waals surface area (Å²) in [5, 5.41) is 9.52. The minimum absolute atomic E-state index is 0.00345. The predicted molar refractivity (Wildman–Crippen MR) is 87.0 cm³/mol. The number of hydrogen-bond acceptors (Lipinski definition) is 6. The van der Waals surface area contributed by atoms with Gasteiger partial charge in [-0.3, -0.25) is 19.4 Å². The molecular formula is C16H21N3O6. The lowest BCUT2D eigenvalue weighted by Gasteiger charge is -2.31. The van der Waals surface area contributed by atoms with Gasteiger partial charge in [0.2, 0.25) is 5.91 Å². The molecular weight excluding hydrogens is 330 g/mol. The Morgan fingerprint density at radius 2 is 1.92 bits per heavy atom. The number of aromatic nitrogens is 1. The van der Waals surface area contributed by atoms with Gasteiger partial charge in [0.1, 0.15) is 0 Å². The van der Waals surface area contributed by atoms with Crippen LogP contribution in [0.25, 0.3) is 0 Å². The summed E-state index contributed by atoms with van der Waals surface area (Å²) in [6.07, 6.45) is 4.04. The van der Waals surface area contributed by atoms with E-state index in [9.17, 15) is 14.4 Å². The van der Waals surface area contributed by atoms with E-state index in [1.165, 1.54) is 25.6 Å². The molecule has 1 aliphatic rings. The van der Waals surface area contributed by atoms with Crippen LogP contribution in [0.15, 0.2) is 18.5 Å². The van der Waals surface area contributed by atoms with E-state index in [1.807, 2.05) is 0 Å². The first-order valence-corrected chi connectivity index (χ1v) is 7.61. The first-order valence-electron chi connectivity index (χ1n) is 7.61. The number of esters is 1. The molecule has 0 aromatic carbocycles. The van der Waals surface area contributed by atoms with Gasteiger partial charge in [-0.05, 0) is 18.9 Å². The van der Waals surface area contributed by atoms with Gasteiger partial charge < -0.3 is 20.1 Å². The second kappa shape index (κ2) is 10.0. The number of pyridine rings is 1. The van der Waals surface area contributed by atoms with Gasteiger partial charge in [0.15, 0.2) is 0 Å². The highest BCUT2D eigenvalue weighted by Gasteiger charge is 2.29. The summed E-state index contributed by atoms with van der Waals surface area (Å²) in [6.45, 7) is 0.707. The Morgan fingerprint density at radius 1 is 1.32 bits per heavy atom. The monoisotopic (exact) mass is 351 g/mol.